The van der Waals surface area contributed by atoms with Crippen LogP contribution in [-0.2, 0) is 14.3 Å². The first-order chi connectivity index (χ1) is 12.5. The summed E-state index contributed by atoms with van der Waals surface area (Å²) in [6, 6.07) is 14.6. The fourth-order valence-electron chi connectivity index (χ4n) is 1.91. The fourth-order valence-corrected chi connectivity index (χ4v) is 2.18. The van der Waals surface area contributed by atoms with Gasteiger partial charge in [-0.05, 0) is 48.5 Å². The number of benzene rings is 2. The van der Waals surface area contributed by atoms with Crippen molar-refractivity contribution in [3.63, 3.8) is 0 Å². The number of nitriles is 1. The summed E-state index contributed by atoms with van der Waals surface area (Å²) in [5.74, 6) is -1.56. The van der Waals surface area contributed by atoms with E-state index >= 15 is 0 Å². The van der Waals surface area contributed by atoms with Crippen molar-refractivity contribution >= 4 is 45.1 Å². The van der Waals surface area contributed by atoms with Crippen LogP contribution in [0.2, 0.25) is 0 Å². The van der Waals surface area contributed by atoms with Crippen LogP contribution >= 0.6 is 15.9 Å². The number of anilines is 2. The molecule has 0 bridgehead atoms. The number of nitrogens with zero attached hydrogens (tertiary/aromatic N) is 1. The van der Waals surface area contributed by atoms with Crippen molar-refractivity contribution in [2.45, 2.75) is 6.42 Å². The molecule has 2 amide bonds. The van der Waals surface area contributed by atoms with E-state index in [9.17, 15) is 14.4 Å². The van der Waals surface area contributed by atoms with Gasteiger partial charge in [0.25, 0.3) is 5.91 Å². The molecule has 0 spiro atoms. The number of carbonyl (C=O) groups excluding carboxylic acids is 3. The number of ether oxygens (including phenoxy) is 1. The predicted molar refractivity (Wildman–Crippen MR) is 98.4 cm³/mol. The maximum Gasteiger partial charge on any atom is 0.338 e. The van der Waals surface area contributed by atoms with Crippen molar-refractivity contribution in [2.24, 2.45) is 0 Å². The van der Waals surface area contributed by atoms with Gasteiger partial charge in [-0.1, -0.05) is 15.9 Å². The molecule has 8 heteroatoms. The van der Waals surface area contributed by atoms with Crippen LogP contribution in [0.15, 0.2) is 53.0 Å². The van der Waals surface area contributed by atoms with Gasteiger partial charge < -0.3 is 15.4 Å². The second kappa shape index (κ2) is 9.34. The van der Waals surface area contributed by atoms with Gasteiger partial charge in [-0.3, -0.25) is 9.59 Å². The number of carbonyl (C=O) groups is 3. The fraction of sp³-hybridized carbons (Fsp3) is 0.111. The van der Waals surface area contributed by atoms with Crippen LogP contribution in [0.25, 0.3) is 0 Å². The molecule has 0 saturated heterocycles. The molecule has 26 heavy (non-hydrogen) atoms. The molecule has 0 aliphatic rings. The summed E-state index contributed by atoms with van der Waals surface area (Å²) in [5, 5.41) is 13.6. The zero-order valence-corrected chi connectivity index (χ0v) is 15.1. The number of hydrogen-bond acceptors (Lipinski definition) is 5. The molecule has 0 aliphatic carbocycles. The molecule has 0 radical (unpaired) electrons. The second-order valence-corrected chi connectivity index (χ2v) is 6.01. The minimum absolute atomic E-state index is 0.236. The van der Waals surface area contributed by atoms with Crippen LogP contribution in [0.5, 0.6) is 0 Å². The smallest absolute Gasteiger partial charge is 0.338 e. The number of nitrogens with one attached hydrogen (secondary N) is 2. The third-order valence-corrected chi connectivity index (χ3v) is 3.63. The summed E-state index contributed by atoms with van der Waals surface area (Å²) in [6.45, 7) is -0.421. The van der Waals surface area contributed by atoms with Crippen molar-refractivity contribution in [2.75, 3.05) is 17.2 Å². The first-order valence-electron chi connectivity index (χ1n) is 7.47. The molecule has 7 nitrogen and oxygen atoms in total. The molecule has 0 saturated carbocycles. The molecule has 0 unspecified atom stereocenters. The highest BCUT2D eigenvalue weighted by molar-refractivity contribution is 9.10. The van der Waals surface area contributed by atoms with E-state index in [1.165, 1.54) is 24.3 Å². The molecule has 0 atom stereocenters. The van der Waals surface area contributed by atoms with Gasteiger partial charge in [0.05, 0.1) is 11.6 Å². The summed E-state index contributed by atoms with van der Waals surface area (Å²) < 4.78 is 5.84. The molecule has 2 rings (SSSR count). The normalized spacial score (nSPS) is 9.69. The molecule has 2 N–H and O–H groups in total. The van der Waals surface area contributed by atoms with Crippen molar-refractivity contribution < 1.29 is 19.1 Å². The van der Waals surface area contributed by atoms with Gasteiger partial charge in [-0.25, -0.2) is 4.79 Å². The third kappa shape index (κ3) is 6.03. The Kier molecular flexibility index (Phi) is 6.88. The van der Waals surface area contributed by atoms with Crippen molar-refractivity contribution in [3.05, 3.63) is 58.6 Å². The maximum atomic E-state index is 11.9. The van der Waals surface area contributed by atoms with E-state index in [0.29, 0.717) is 11.4 Å². The Bertz CT molecular complexity index is 842. The van der Waals surface area contributed by atoms with Crippen molar-refractivity contribution in [1.29, 1.82) is 5.26 Å². The number of rotatable bonds is 6. The Morgan fingerprint density at radius 1 is 0.923 bits per heavy atom. The highest BCUT2D eigenvalue weighted by atomic mass is 79.9. The summed E-state index contributed by atoms with van der Waals surface area (Å²) in [7, 11) is 0. The zero-order chi connectivity index (χ0) is 18.9. The predicted octanol–water partition coefficient (Wildman–Crippen LogP) is 3.10. The van der Waals surface area contributed by atoms with E-state index in [0.717, 1.165) is 4.47 Å². The van der Waals surface area contributed by atoms with Crippen LogP contribution in [0.1, 0.15) is 16.8 Å². The van der Waals surface area contributed by atoms with Gasteiger partial charge in [-0.2, -0.15) is 5.26 Å². The maximum absolute atomic E-state index is 11.9. The van der Waals surface area contributed by atoms with E-state index in [4.69, 9.17) is 10.00 Å². The first-order valence-corrected chi connectivity index (χ1v) is 8.26. The van der Waals surface area contributed by atoms with Crippen LogP contribution in [0, 0.1) is 11.3 Å². The van der Waals surface area contributed by atoms with E-state index in [1.54, 1.807) is 30.3 Å². The van der Waals surface area contributed by atoms with Crippen LogP contribution in [0.3, 0.4) is 0 Å². The summed E-state index contributed by atoms with van der Waals surface area (Å²) in [4.78, 5) is 35.0. The van der Waals surface area contributed by atoms with Crippen molar-refractivity contribution in [1.82, 2.24) is 0 Å². The lowest BCUT2D eigenvalue weighted by atomic mass is 10.2. The van der Waals surface area contributed by atoms with Crippen molar-refractivity contribution in [3.8, 4) is 6.07 Å². The van der Waals surface area contributed by atoms with Gasteiger partial charge in [0.2, 0.25) is 5.91 Å². The van der Waals surface area contributed by atoms with Gasteiger partial charge in [0, 0.05) is 15.8 Å². The van der Waals surface area contributed by atoms with Gasteiger partial charge in [0.15, 0.2) is 6.61 Å². The Balaban J connectivity index is 1.83. The summed E-state index contributed by atoms with van der Waals surface area (Å²) >= 11 is 3.29. The van der Waals surface area contributed by atoms with Crippen LogP contribution in [0.4, 0.5) is 11.4 Å². The monoisotopic (exact) mass is 415 g/mol. The third-order valence-electron chi connectivity index (χ3n) is 3.11. The van der Waals surface area contributed by atoms with E-state index in [-0.39, 0.29) is 12.0 Å². The van der Waals surface area contributed by atoms with E-state index in [1.807, 2.05) is 0 Å². The van der Waals surface area contributed by atoms with Gasteiger partial charge in [-0.15, -0.1) is 0 Å². The highest BCUT2D eigenvalue weighted by Crippen LogP contribution is 2.14. The molecular formula is C18H14BrN3O4. The Morgan fingerprint density at radius 2 is 1.46 bits per heavy atom. The van der Waals surface area contributed by atoms with Gasteiger partial charge >= 0.3 is 5.97 Å². The van der Waals surface area contributed by atoms with E-state index < -0.39 is 24.4 Å². The van der Waals surface area contributed by atoms with Crippen LogP contribution in [-0.4, -0.2) is 24.4 Å². The molecule has 0 aromatic heterocycles. The van der Waals surface area contributed by atoms with E-state index in [2.05, 4.69) is 26.6 Å². The Labute approximate surface area is 158 Å². The molecule has 2 aromatic rings. The lowest BCUT2D eigenvalue weighted by Gasteiger charge is -2.07. The standard InChI is InChI=1S/C18H14BrN3O4/c19-13-3-7-15(8-4-13)22-17(24)11-26-18(25)12-1-5-14(6-2-12)21-16(23)9-10-20/h1-8H,9,11H2,(H,21,23)(H,22,24). The zero-order valence-electron chi connectivity index (χ0n) is 13.5. The second-order valence-electron chi connectivity index (χ2n) is 5.09. The molecule has 132 valence electrons. The number of amides is 2. The Morgan fingerprint density at radius 3 is 2.04 bits per heavy atom. The largest absolute Gasteiger partial charge is 0.452 e. The average Bonchev–Trinajstić information content (AvgIpc) is 2.62. The number of hydrogen-bond donors (Lipinski definition) is 2. The lowest BCUT2D eigenvalue weighted by molar-refractivity contribution is -0.119. The average molecular weight is 416 g/mol. The quantitative estimate of drug-likeness (QED) is 0.704. The first kappa shape index (κ1) is 19.1. The molecule has 0 heterocycles. The topological polar surface area (TPSA) is 108 Å². The number of esters is 1. The number of halogens is 1. The molecule has 0 fully saturated rings. The minimum Gasteiger partial charge on any atom is -0.452 e. The summed E-state index contributed by atoms with van der Waals surface area (Å²) in [5.41, 5.74) is 1.28. The minimum atomic E-state index is -0.661. The van der Waals surface area contributed by atoms with Crippen LogP contribution < -0.4 is 10.6 Å². The summed E-state index contributed by atoms with van der Waals surface area (Å²) in [6.07, 6.45) is -0.253. The molecular weight excluding hydrogens is 402 g/mol. The highest BCUT2D eigenvalue weighted by Gasteiger charge is 2.11. The SMILES string of the molecule is N#CCC(=O)Nc1ccc(C(=O)OCC(=O)Nc2ccc(Br)cc2)cc1. The lowest BCUT2D eigenvalue weighted by Crippen LogP contribution is -2.20. The van der Waals surface area contributed by atoms with Gasteiger partial charge in [0.1, 0.15) is 6.42 Å². The molecule has 2 aromatic carbocycles. The Hall–Kier alpha value is -3.18. The molecule has 0 aliphatic heterocycles.